The number of carbonyl (C=O) groups is 2. The average molecular weight is 257 g/mol. The summed E-state index contributed by atoms with van der Waals surface area (Å²) < 4.78 is 0. The van der Waals surface area contributed by atoms with Gasteiger partial charge in [0.05, 0.1) is 0 Å². The van der Waals surface area contributed by atoms with Crippen molar-refractivity contribution in [2.45, 2.75) is 50.6 Å². The molecule has 0 radical (unpaired) electrons. The van der Waals surface area contributed by atoms with Crippen molar-refractivity contribution in [3.8, 4) is 0 Å². The highest BCUT2D eigenvalue weighted by Gasteiger charge is 2.48. The van der Waals surface area contributed by atoms with Gasteiger partial charge in [0.25, 0.3) is 5.91 Å². The number of rotatable bonds is 1. The van der Waals surface area contributed by atoms with Crippen LogP contribution >= 0.6 is 0 Å². The number of amides is 1. The Bertz CT molecular complexity index is 511. The summed E-state index contributed by atoms with van der Waals surface area (Å²) in [5, 5.41) is 0. The second-order valence-electron chi connectivity index (χ2n) is 6.00. The summed E-state index contributed by atoms with van der Waals surface area (Å²) in [4.78, 5) is 26.6. The van der Waals surface area contributed by atoms with Crippen LogP contribution in [0.4, 0.5) is 0 Å². The topological polar surface area (TPSA) is 37.4 Å². The molecule has 0 saturated carbocycles. The standard InChI is InChI=1S/C16H19NO2/c1-16-9-5-8-13(10-14(18)11-16)17(16)15(19)12-6-3-2-4-7-12/h2-4,6-7,13H,5,8-11H2,1H3/t13-,16+/m0/s1. The first kappa shape index (κ1) is 12.4. The number of piperidine rings is 2. The molecule has 19 heavy (non-hydrogen) atoms. The molecule has 0 aromatic heterocycles. The Morgan fingerprint density at radius 2 is 2.05 bits per heavy atom. The Morgan fingerprint density at radius 1 is 1.32 bits per heavy atom. The lowest BCUT2D eigenvalue weighted by Gasteiger charge is -2.52. The van der Waals surface area contributed by atoms with Gasteiger partial charge in [-0.15, -0.1) is 0 Å². The Hall–Kier alpha value is -1.64. The van der Waals surface area contributed by atoms with E-state index in [0.717, 1.165) is 24.8 Å². The summed E-state index contributed by atoms with van der Waals surface area (Å²) in [6.07, 6.45) is 4.07. The molecular formula is C16H19NO2. The van der Waals surface area contributed by atoms with Gasteiger partial charge in [0, 0.05) is 30.0 Å². The number of hydrogen-bond acceptors (Lipinski definition) is 2. The van der Waals surface area contributed by atoms with Gasteiger partial charge in [0.1, 0.15) is 5.78 Å². The fourth-order valence-corrected chi connectivity index (χ4v) is 3.67. The molecule has 1 amide bonds. The van der Waals surface area contributed by atoms with Gasteiger partial charge in [-0.1, -0.05) is 18.2 Å². The zero-order valence-electron chi connectivity index (χ0n) is 11.3. The third-order valence-corrected chi connectivity index (χ3v) is 4.48. The van der Waals surface area contributed by atoms with E-state index in [1.165, 1.54) is 0 Å². The maximum Gasteiger partial charge on any atom is 0.254 e. The summed E-state index contributed by atoms with van der Waals surface area (Å²) in [6, 6.07) is 9.52. The Kier molecular flexibility index (Phi) is 2.92. The van der Waals surface area contributed by atoms with Gasteiger partial charge < -0.3 is 4.90 Å². The van der Waals surface area contributed by atoms with E-state index in [2.05, 4.69) is 6.92 Å². The average Bonchev–Trinajstić information content (AvgIpc) is 2.37. The SMILES string of the molecule is C[C@@]12CCC[C@@H](CC(=O)C1)N2C(=O)c1ccccc1. The maximum absolute atomic E-state index is 12.7. The van der Waals surface area contributed by atoms with Crippen LogP contribution in [0, 0.1) is 0 Å². The van der Waals surface area contributed by atoms with Crippen molar-refractivity contribution in [2.75, 3.05) is 0 Å². The molecule has 2 atom stereocenters. The van der Waals surface area contributed by atoms with Crippen LogP contribution in [-0.4, -0.2) is 28.2 Å². The third-order valence-electron chi connectivity index (χ3n) is 4.48. The molecule has 1 aromatic carbocycles. The number of ketones is 1. The largest absolute Gasteiger partial charge is 0.329 e. The van der Waals surface area contributed by atoms with Crippen molar-refractivity contribution in [3.63, 3.8) is 0 Å². The van der Waals surface area contributed by atoms with Gasteiger partial charge in [-0.2, -0.15) is 0 Å². The van der Waals surface area contributed by atoms with Gasteiger partial charge in [-0.05, 0) is 38.3 Å². The summed E-state index contributed by atoms with van der Waals surface area (Å²) in [6.45, 7) is 2.07. The fourth-order valence-electron chi connectivity index (χ4n) is 3.67. The van der Waals surface area contributed by atoms with E-state index < -0.39 is 0 Å². The predicted octanol–water partition coefficient (Wildman–Crippen LogP) is 2.80. The molecule has 2 heterocycles. The summed E-state index contributed by atoms with van der Waals surface area (Å²) >= 11 is 0. The van der Waals surface area contributed by atoms with Crippen molar-refractivity contribution >= 4 is 11.7 Å². The number of hydrogen-bond donors (Lipinski definition) is 0. The van der Waals surface area contributed by atoms with Crippen LogP contribution in [0.5, 0.6) is 0 Å². The summed E-state index contributed by atoms with van der Waals surface area (Å²) in [5.74, 6) is 0.393. The van der Waals surface area contributed by atoms with E-state index in [1.807, 2.05) is 35.2 Å². The minimum absolute atomic E-state index is 0.0836. The normalized spacial score (nSPS) is 30.3. The molecule has 100 valence electrons. The van der Waals surface area contributed by atoms with Gasteiger partial charge >= 0.3 is 0 Å². The van der Waals surface area contributed by atoms with E-state index in [-0.39, 0.29) is 17.5 Å². The molecule has 3 nitrogen and oxygen atoms in total. The molecule has 3 heteroatoms. The molecule has 0 unspecified atom stereocenters. The number of nitrogens with zero attached hydrogens (tertiary/aromatic N) is 1. The highest BCUT2D eigenvalue weighted by atomic mass is 16.2. The molecule has 0 spiro atoms. The second-order valence-corrected chi connectivity index (χ2v) is 6.00. The Balaban J connectivity index is 1.95. The molecule has 0 N–H and O–H groups in total. The van der Waals surface area contributed by atoms with Crippen LogP contribution in [-0.2, 0) is 4.79 Å². The zero-order chi connectivity index (χ0) is 13.5. The second kappa shape index (κ2) is 4.48. The van der Waals surface area contributed by atoms with Crippen LogP contribution in [0.3, 0.4) is 0 Å². The fraction of sp³-hybridized carbons (Fsp3) is 0.500. The van der Waals surface area contributed by atoms with Crippen molar-refractivity contribution in [2.24, 2.45) is 0 Å². The Labute approximate surface area is 113 Å². The van der Waals surface area contributed by atoms with Crippen LogP contribution in [0.2, 0.25) is 0 Å². The molecule has 3 rings (SSSR count). The highest BCUT2D eigenvalue weighted by Crippen LogP contribution is 2.41. The van der Waals surface area contributed by atoms with E-state index in [0.29, 0.717) is 18.6 Å². The van der Waals surface area contributed by atoms with Crippen molar-refractivity contribution < 1.29 is 9.59 Å². The quantitative estimate of drug-likeness (QED) is 0.775. The molecule has 2 saturated heterocycles. The van der Waals surface area contributed by atoms with Gasteiger partial charge in [0.15, 0.2) is 0 Å². The lowest BCUT2D eigenvalue weighted by atomic mass is 9.74. The minimum atomic E-state index is -0.273. The molecule has 0 aliphatic carbocycles. The molecule has 2 fully saturated rings. The monoisotopic (exact) mass is 257 g/mol. The van der Waals surface area contributed by atoms with E-state index in [9.17, 15) is 9.59 Å². The predicted molar refractivity (Wildman–Crippen MR) is 72.9 cm³/mol. The van der Waals surface area contributed by atoms with Gasteiger partial charge in [-0.3, -0.25) is 9.59 Å². The van der Waals surface area contributed by atoms with E-state index in [4.69, 9.17) is 0 Å². The van der Waals surface area contributed by atoms with E-state index in [1.54, 1.807) is 0 Å². The van der Waals surface area contributed by atoms with Crippen LogP contribution in [0.15, 0.2) is 30.3 Å². The molecule has 2 aliphatic rings. The van der Waals surface area contributed by atoms with Crippen molar-refractivity contribution in [1.29, 1.82) is 0 Å². The first-order valence-corrected chi connectivity index (χ1v) is 7.01. The van der Waals surface area contributed by atoms with E-state index >= 15 is 0 Å². The smallest absolute Gasteiger partial charge is 0.254 e. The Morgan fingerprint density at radius 3 is 2.74 bits per heavy atom. The molecule has 1 aromatic rings. The lowest BCUT2D eigenvalue weighted by Crippen LogP contribution is -2.61. The van der Waals surface area contributed by atoms with Gasteiger partial charge in [-0.25, -0.2) is 0 Å². The maximum atomic E-state index is 12.7. The van der Waals surface area contributed by atoms with Crippen LogP contribution in [0.25, 0.3) is 0 Å². The highest BCUT2D eigenvalue weighted by molar-refractivity contribution is 5.96. The number of carbonyl (C=O) groups excluding carboxylic acids is 2. The number of Topliss-reactive ketones (excluding diaryl/α,β-unsaturated/α-hetero) is 1. The first-order chi connectivity index (χ1) is 9.10. The van der Waals surface area contributed by atoms with Crippen LogP contribution in [0.1, 0.15) is 49.4 Å². The number of benzene rings is 1. The summed E-state index contributed by atoms with van der Waals surface area (Å²) in [7, 11) is 0. The van der Waals surface area contributed by atoms with Crippen LogP contribution < -0.4 is 0 Å². The number of fused-ring (bicyclic) bond motifs is 2. The van der Waals surface area contributed by atoms with Crippen molar-refractivity contribution in [3.05, 3.63) is 35.9 Å². The molecular weight excluding hydrogens is 238 g/mol. The van der Waals surface area contributed by atoms with Gasteiger partial charge in [0.2, 0.25) is 0 Å². The lowest BCUT2D eigenvalue weighted by molar-refractivity contribution is -0.129. The third kappa shape index (κ3) is 2.07. The first-order valence-electron chi connectivity index (χ1n) is 7.01. The van der Waals surface area contributed by atoms with Crippen molar-refractivity contribution in [1.82, 2.24) is 4.90 Å². The zero-order valence-corrected chi connectivity index (χ0v) is 11.3. The summed E-state index contributed by atoms with van der Waals surface area (Å²) in [5.41, 5.74) is 0.459. The molecule has 2 aliphatic heterocycles. The molecule has 2 bridgehead atoms. The minimum Gasteiger partial charge on any atom is -0.329 e.